The molecule has 0 aromatic rings. The minimum absolute atomic E-state index is 0.298. The van der Waals surface area contributed by atoms with Gasteiger partial charge in [0.2, 0.25) is 0 Å². The molecule has 2 rings (SSSR count). The van der Waals surface area contributed by atoms with E-state index >= 15 is 0 Å². The van der Waals surface area contributed by atoms with E-state index in [0.29, 0.717) is 6.04 Å². The molecule has 19 heavy (non-hydrogen) atoms. The molecule has 0 saturated heterocycles. The molecule has 1 atom stereocenters. The predicted molar refractivity (Wildman–Crippen MR) is 78.9 cm³/mol. The van der Waals surface area contributed by atoms with E-state index in [1.807, 2.05) is 0 Å². The summed E-state index contributed by atoms with van der Waals surface area (Å²) in [6, 6.07) is 3.08. The molecule has 2 saturated carbocycles. The van der Waals surface area contributed by atoms with Crippen LogP contribution in [0, 0.1) is 17.2 Å². The second kappa shape index (κ2) is 6.72. The Bertz CT molecular complexity index is 314. The van der Waals surface area contributed by atoms with E-state index in [2.05, 4.69) is 30.3 Å². The molecule has 0 aromatic heterocycles. The highest BCUT2D eigenvalue weighted by Crippen LogP contribution is 2.27. The highest BCUT2D eigenvalue weighted by molar-refractivity contribution is 5.06. The first-order chi connectivity index (χ1) is 9.11. The molecule has 1 N–H and O–H groups in total. The Morgan fingerprint density at radius 1 is 1.26 bits per heavy atom. The Morgan fingerprint density at radius 2 is 2.00 bits per heavy atom. The molecular formula is C16H29N3. The van der Waals surface area contributed by atoms with Crippen molar-refractivity contribution >= 4 is 0 Å². The van der Waals surface area contributed by atoms with Gasteiger partial charge in [-0.15, -0.1) is 0 Å². The van der Waals surface area contributed by atoms with E-state index in [0.717, 1.165) is 18.8 Å². The van der Waals surface area contributed by atoms with Crippen LogP contribution in [-0.4, -0.2) is 36.6 Å². The summed E-state index contributed by atoms with van der Waals surface area (Å²) in [4.78, 5) is 2.47. The molecule has 1 unspecified atom stereocenters. The molecule has 3 nitrogen and oxygen atoms in total. The van der Waals surface area contributed by atoms with Crippen molar-refractivity contribution < 1.29 is 0 Å². The standard InChI is InChI=1S/C16H29N3/c1-16(13-17,18-15-8-9-15)10-3-4-11-19(2)12-14-6-5-7-14/h14-15,18H,3-12H2,1-2H3. The summed E-state index contributed by atoms with van der Waals surface area (Å²) < 4.78 is 0. The van der Waals surface area contributed by atoms with E-state index in [1.54, 1.807) is 0 Å². The van der Waals surface area contributed by atoms with Crippen LogP contribution in [0.15, 0.2) is 0 Å². The maximum Gasteiger partial charge on any atom is 0.104 e. The molecule has 3 heteroatoms. The third-order valence-electron chi connectivity index (χ3n) is 4.61. The van der Waals surface area contributed by atoms with Gasteiger partial charge in [0.15, 0.2) is 0 Å². The Kier molecular flexibility index (Phi) is 5.24. The molecule has 108 valence electrons. The predicted octanol–water partition coefficient (Wildman–Crippen LogP) is 2.92. The van der Waals surface area contributed by atoms with Gasteiger partial charge >= 0.3 is 0 Å². The summed E-state index contributed by atoms with van der Waals surface area (Å²) in [6.45, 7) is 4.51. The number of hydrogen-bond acceptors (Lipinski definition) is 3. The number of rotatable bonds is 9. The van der Waals surface area contributed by atoms with Crippen molar-refractivity contribution in [1.29, 1.82) is 5.26 Å². The topological polar surface area (TPSA) is 39.1 Å². The molecule has 2 aliphatic rings. The molecule has 0 radical (unpaired) electrons. The molecule has 0 spiro atoms. The minimum Gasteiger partial charge on any atom is -0.306 e. The van der Waals surface area contributed by atoms with E-state index in [-0.39, 0.29) is 5.54 Å². The summed E-state index contributed by atoms with van der Waals surface area (Å²) in [5, 5.41) is 12.8. The van der Waals surface area contributed by atoms with E-state index in [1.165, 1.54) is 51.6 Å². The summed E-state index contributed by atoms with van der Waals surface area (Å²) in [7, 11) is 2.24. The summed E-state index contributed by atoms with van der Waals surface area (Å²) >= 11 is 0. The fourth-order valence-corrected chi connectivity index (χ4v) is 2.91. The largest absolute Gasteiger partial charge is 0.306 e. The first-order valence-electron chi connectivity index (χ1n) is 7.99. The van der Waals surface area contributed by atoms with Crippen LogP contribution in [0.4, 0.5) is 0 Å². The molecule has 0 amide bonds. The number of nitrogens with zero attached hydrogens (tertiary/aromatic N) is 2. The Hall–Kier alpha value is -0.590. The summed E-state index contributed by atoms with van der Waals surface area (Å²) in [5.74, 6) is 0.964. The van der Waals surface area contributed by atoms with Gasteiger partial charge in [-0.3, -0.25) is 5.32 Å². The zero-order valence-corrected chi connectivity index (χ0v) is 12.6. The van der Waals surface area contributed by atoms with E-state index in [9.17, 15) is 5.26 Å². The zero-order chi connectivity index (χ0) is 13.7. The molecule has 2 aliphatic carbocycles. The van der Waals surface area contributed by atoms with Crippen LogP contribution < -0.4 is 5.32 Å². The maximum absolute atomic E-state index is 9.31. The van der Waals surface area contributed by atoms with Gasteiger partial charge in [-0.1, -0.05) is 6.42 Å². The van der Waals surface area contributed by atoms with Crippen LogP contribution in [0.3, 0.4) is 0 Å². The van der Waals surface area contributed by atoms with Crippen molar-refractivity contribution in [3.8, 4) is 6.07 Å². The van der Waals surface area contributed by atoms with Gasteiger partial charge in [0.05, 0.1) is 6.07 Å². The molecular weight excluding hydrogens is 234 g/mol. The van der Waals surface area contributed by atoms with Crippen molar-refractivity contribution in [2.75, 3.05) is 20.1 Å². The van der Waals surface area contributed by atoms with Crippen molar-refractivity contribution in [3.05, 3.63) is 0 Å². The van der Waals surface area contributed by atoms with Crippen molar-refractivity contribution in [2.24, 2.45) is 5.92 Å². The van der Waals surface area contributed by atoms with Gasteiger partial charge in [0, 0.05) is 12.6 Å². The van der Waals surface area contributed by atoms with Crippen molar-refractivity contribution in [1.82, 2.24) is 10.2 Å². The zero-order valence-electron chi connectivity index (χ0n) is 12.6. The molecule has 0 heterocycles. The molecule has 2 fully saturated rings. The Morgan fingerprint density at radius 3 is 2.53 bits per heavy atom. The molecule has 0 aromatic carbocycles. The van der Waals surface area contributed by atoms with Crippen LogP contribution in [0.1, 0.15) is 58.3 Å². The number of unbranched alkanes of at least 4 members (excludes halogenated alkanes) is 1. The lowest BCUT2D eigenvalue weighted by Gasteiger charge is -2.30. The van der Waals surface area contributed by atoms with Gasteiger partial charge in [-0.05, 0) is 71.4 Å². The molecule has 0 bridgehead atoms. The maximum atomic E-state index is 9.31. The van der Waals surface area contributed by atoms with Gasteiger partial charge in [0.25, 0.3) is 0 Å². The van der Waals surface area contributed by atoms with Gasteiger partial charge in [-0.2, -0.15) is 5.26 Å². The highest BCUT2D eigenvalue weighted by atomic mass is 15.1. The third kappa shape index (κ3) is 5.12. The van der Waals surface area contributed by atoms with Crippen LogP contribution in [0.2, 0.25) is 0 Å². The Balaban J connectivity index is 1.55. The van der Waals surface area contributed by atoms with Gasteiger partial charge < -0.3 is 4.90 Å². The first kappa shape index (κ1) is 14.8. The number of nitrogens with one attached hydrogen (secondary N) is 1. The lowest BCUT2D eigenvalue weighted by molar-refractivity contribution is 0.202. The SMILES string of the molecule is CN(CCCCC(C)(C#N)NC1CC1)CC1CCC1. The van der Waals surface area contributed by atoms with Crippen LogP contribution in [0.25, 0.3) is 0 Å². The monoisotopic (exact) mass is 263 g/mol. The highest BCUT2D eigenvalue weighted by Gasteiger charge is 2.31. The van der Waals surface area contributed by atoms with Crippen molar-refractivity contribution in [3.63, 3.8) is 0 Å². The van der Waals surface area contributed by atoms with Crippen LogP contribution >= 0.6 is 0 Å². The molecule has 0 aliphatic heterocycles. The van der Waals surface area contributed by atoms with E-state index in [4.69, 9.17) is 0 Å². The van der Waals surface area contributed by atoms with Gasteiger partial charge in [-0.25, -0.2) is 0 Å². The number of hydrogen-bond donors (Lipinski definition) is 1. The van der Waals surface area contributed by atoms with E-state index < -0.39 is 0 Å². The second-order valence-electron chi connectivity index (χ2n) is 6.88. The smallest absolute Gasteiger partial charge is 0.104 e. The third-order valence-corrected chi connectivity index (χ3v) is 4.61. The quantitative estimate of drug-likeness (QED) is 0.650. The summed E-state index contributed by atoms with van der Waals surface area (Å²) in [6.07, 6.45) is 10.2. The van der Waals surface area contributed by atoms with Crippen LogP contribution in [0.5, 0.6) is 0 Å². The summed E-state index contributed by atoms with van der Waals surface area (Å²) in [5.41, 5.74) is -0.298. The average molecular weight is 263 g/mol. The van der Waals surface area contributed by atoms with Gasteiger partial charge in [0.1, 0.15) is 5.54 Å². The average Bonchev–Trinajstić information content (AvgIpc) is 3.13. The Labute approximate surface area is 118 Å². The van der Waals surface area contributed by atoms with Crippen LogP contribution in [-0.2, 0) is 0 Å². The lowest BCUT2D eigenvalue weighted by Crippen LogP contribution is -2.42. The first-order valence-corrected chi connectivity index (χ1v) is 7.99. The lowest BCUT2D eigenvalue weighted by atomic mass is 9.85. The fourth-order valence-electron chi connectivity index (χ4n) is 2.91. The number of nitriles is 1. The minimum atomic E-state index is -0.298. The van der Waals surface area contributed by atoms with Crippen molar-refractivity contribution in [2.45, 2.75) is 69.9 Å². The second-order valence-corrected chi connectivity index (χ2v) is 6.88. The fraction of sp³-hybridized carbons (Fsp3) is 0.938. The normalized spacial score (nSPS) is 22.8.